The molecule has 1 heterocycles. The predicted octanol–water partition coefficient (Wildman–Crippen LogP) is 2.07. The van der Waals surface area contributed by atoms with Crippen LogP contribution >= 0.6 is 11.6 Å². The number of halogens is 1. The van der Waals surface area contributed by atoms with Crippen LogP contribution in [0.5, 0.6) is 0 Å². The van der Waals surface area contributed by atoms with Crippen LogP contribution in [0.25, 0.3) is 0 Å². The molecule has 0 amide bonds. The number of hydrogen-bond donors (Lipinski definition) is 1. The number of hydrogen-bond acceptors (Lipinski definition) is 3. The van der Waals surface area contributed by atoms with E-state index in [1.807, 2.05) is 12.1 Å². The minimum Gasteiger partial charge on any atom is -0.369 e. The second-order valence-corrected chi connectivity index (χ2v) is 5.57. The molecule has 1 fully saturated rings. The summed E-state index contributed by atoms with van der Waals surface area (Å²) in [6.45, 7) is 4.23. The van der Waals surface area contributed by atoms with Gasteiger partial charge in [-0.2, -0.15) is 0 Å². The number of anilines is 1. The fourth-order valence-electron chi connectivity index (χ4n) is 2.49. The molecule has 0 aromatic heterocycles. The zero-order valence-electron chi connectivity index (χ0n) is 11.2. The van der Waals surface area contributed by atoms with Gasteiger partial charge in [0.05, 0.1) is 10.7 Å². The summed E-state index contributed by atoms with van der Waals surface area (Å²) in [5, 5.41) is 4.46. The predicted molar refractivity (Wildman–Crippen MR) is 78.6 cm³/mol. The van der Waals surface area contributed by atoms with E-state index in [0.29, 0.717) is 6.04 Å². The summed E-state index contributed by atoms with van der Waals surface area (Å²) in [6.07, 6.45) is 1.16. The molecule has 2 rings (SSSR count). The highest BCUT2D eigenvalue weighted by Crippen LogP contribution is 2.26. The Hall–Kier alpha value is -0.770. The molecule has 1 unspecified atom stereocenters. The highest BCUT2D eigenvalue weighted by atomic mass is 35.5. The Morgan fingerprint density at radius 2 is 2.17 bits per heavy atom. The normalized spacial score (nSPS) is 21.1. The molecule has 18 heavy (non-hydrogen) atoms. The molecule has 0 spiro atoms. The van der Waals surface area contributed by atoms with Crippen LogP contribution in [0.15, 0.2) is 24.3 Å². The number of benzene rings is 1. The van der Waals surface area contributed by atoms with Gasteiger partial charge in [0.15, 0.2) is 0 Å². The maximum atomic E-state index is 6.29. The van der Waals surface area contributed by atoms with Crippen LogP contribution in [0.2, 0.25) is 5.02 Å². The van der Waals surface area contributed by atoms with Crippen molar-refractivity contribution in [1.29, 1.82) is 0 Å². The minimum atomic E-state index is 0.499. The van der Waals surface area contributed by atoms with Crippen LogP contribution in [0.3, 0.4) is 0 Å². The Balaban J connectivity index is 2.09. The third-order valence-corrected chi connectivity index (χ3v) is 3.58. The van der Waals surface area contributed by atoms with Crippen molar-refractivity contribution in [2.45, 2.75) is 12.5 Å². The minimum absolute atomic E-state index is 0.499. The molecule has 1 atom stereocenters. The summed E-state index contributed by atoms with van der Waals surface area (Å²) in [7, 11) is 4.23. The number of nitrogens with one attached hydrogen (secondary N) is 1. The van der Waals surface area contributed by atoms with Crippen molar-refractivity contribution >= 4 is 17.3 Å². The second-order valence-electron chi connectivity index (χ2n) is 5.16. The molecule has 0 aliphatic carbocycles. The van der Waals surface area contributed by atoms with Crippen molar-refractivity contribution in [3.63, 3.8) is 0 Å². The topological polar surface area (TPSA) is 18.5 Å². The SMILES string of the molecule is CN(C)CC1CN(c2ccccc2Cl)CCCN1. The lowest BCUT2D eigenvalue weighted by molar-refractivity contribution is 0.346. The standard InChI is InChI=1S/C14H22ClN3/c1-17(2)10-12-11-18(9-5-8-16-12)14-7-4-3-6-13(14)15/h3-4,6-7,12,16H,5,8-11H2,1-2H3. The number of likely N-dealkylation sites (N-methyl/N-ethyl adjacent to an activating group) is 1. The average molecular weight is 268 g/mol. The van der Waals surface area contributed by atoms with Gasteiger partial charge in [0, 0.05) is 25.7 Å². The Kier molecular flexibility index (Phi) is 4.87. The molecule has 1 aliphatic rings. The third-order valence-electron chi connectivity index (χ3n) is 3.26. The maximum Gasteiger partial charge on any atom is 0.0639 e. The molecule has 4 heteroatoms. The molecule has 1 saturated heterocycles. The van der Waals surface area contributed by atoms with E-state index in [1.54, 1.807) is 0 Å². The van der Waals surface area contributed by atoms with Crippen molar-refractivity contribution in [1.82, 2.24) is 10.2 Å². The molecule has 3 nitrogen and oxygen atoms in total. The van der Waals surface area contributed by atoms with Crippen LogP contribution in [0, 0.1) is 0 Å². The van der Waals surface area contributed by atoms with Gasteiger partial charge in [-0.15, -0.1) is 0 Å². The first-order valence-corrected chi connectivity index (χ1v) is 6.92. The Morgan fingerprint density at radius 1 is 1.39 bits per heavy atom. The van der Waals surface area contributed by atoms with Crippen molar-refractivity contribution in [2.24, 2.45) is 0 Å². The third kappa shape index (κ3) is 3.61. The lowest BCUT2D eigenvalue weighted by Crippen LogP contribution is -2.44. The fraction of sp³-hybridized carbons (Fsp3) is 0.571. The molecule has 1 aliphatic heterocycles. The largest absolute Gasteiger partial charge is 0.369 e. The van der Waals surface area contributed by atoms with E-state index in [0.717, 1.165) is 43.3 Å². The highest BCUT2D eigenvalue weighted by molar-refractivity contribution is 6.33. The van der Waals surface area contributed by atoms with Gasteiger partial charge in [-0.05, 0) is 39.2 Å². The summed E-state index contributed by atoms with van der Waals surface area (Å²) >= 11 is 6.29. The van der Waals surface area contributed by atoms with Crippen LogP contribution in [-0.2, 0) is 0 Å². The van der Waals surface area contributed by atoms with Gasteiger partial charge in [0.1, 0.15) is 0 Å². The first-order valence-electron chi connectivity index (χ1n) is 6.54. The number of rotatable bonds is 3. The van der Waals surface area contributed by atoms with Crippen molar-refractivity contribution < 1.29 is 0 Å². The first-order chi connectivity index (χ1) is 8.66. The molecule has 0 bridgehead atoms. The summed E-state index contributed by atoms with van der Waals surface area (Å²) in [5.41, 5.74) is 1.16. The summed E-state index contributed by atoms with van der Waals surface area (Å²) in [6, 6.07) is 8.62. The van der Waals surface area contributed by atoms with Crippen molar-refractivity contribution in [3.05, 3.63) is 29.3 Å². The first kappa shape index (κ1) is 13.7. The van der Waals surface area contributed by atoms with Crippen molar-refractivity contribution in [2.75, 3.05) is 45.2 Å². The average Bonchev–Trinajstić information content (AvgIpc) is 2.54. The summed E-state index contributed by atoms with van der Waals surface area (Å²) < 4.78 is 0. The second kappa shape index (κ2) is 6.41. The Bertz CT molecular complexity index is 381. The van der Waals surface area contributed by atoms with Gasteiger partial charge >= 0.3 is 0 Å². The van der Waals surface area contributed by atoms with E-state index in [4.69, 9.17) is 11.6 Å². The van der Waals surface area contributed by atoms with E-state index in [1.165, 1.54) is 0 Å². The van der Waals surface area contributed by atoms with Crippen LogP contribution in [-0.4, -0.2) is 51.2 Å². The van der Waals surface area contributed by atoms with Crippen molar-refractivity contribution in [3.8, 4) is 0 Å². The quantitative estimate of drug-likeness (QED) is 0.905. The lowest BCUT2D eigenvalue weighted by atomic mass is 10.2. The monoisotopic (exact) mass is 267 g/mol. The van der Waals surface area contributed by atoms with E-state index in [9.17, 15) is 0 Å². The van der Waals surface area contributed by atoms with Crippen LogP contribution < -0.4 is 10.2 Å². The Labute approximate surface area is 115 Å². The summed E-state index contributed by atoms with van der Waals surface area (Å²) in [4.78, 5) is 4.63. The molecule has 0 saturated carbocycles. The van der Waals surface area contributed by atoms with E-state index < -0.39 is 0 Å². The van der Waals surface area contributed by atoms with Crippen LogP contribution in [0.1, 0.15) is 6.42 Å². The van der Waals surface area contributed by atoms with Crippen LogP contribution in [0.4, 0.5) is 5.69 Å². The summed E-state index contributed by atoms with van der Waals surface area (Å²) in [5.74, 6) is 0. The lowest BCUT2D eigenvalue weighted by Gasteiger charge is -2.28. The molecular formula is C14H22ClN3. The molecule has 1 N–H and O–H groups in total. The molecule has 1 aromatic carbocycles. The van der Waals surface area contributed by atoms with Gasteiger partial charge in [-0.1, -0.05) is 23.7 Å². The van der Waals surface area contributed by atoms with E-state index >= 15 is 0 Å². The van der Waals surface area contributed by atoms with Gasteiger partial charge in [0.2, 0.25) is 0 Å². The molecule has 100 valence electrons. The van der Waals surface area contributed by atoms with E-state index in [2.05, 4.69) is 41.3 Å². The number of para-hydroxylation sites is 1. The molecular weight excluding hydrogens is 246 g/mol. The van der Waals surface area contributed by atoms with Gasteiger partial charge in [-0.25, -0.2) is 0 Å². The zero-order valence-corrected chi connectivity index (χ0v) is 12.0. The smallest absolute Gasteiger partial charge is 0.0639 e. The fourth-order valence-corrected chi connectivity index (χ4v) is 2.74. The molecule has 1 aromatic rings. The van der Waals surface area contributed by atoms with E-state index in [-0.39, 0.29) is 0 Å². The van der Waals surface area contributed by atoms with Gasteiger partial charge in [-0.3, -0.25) is 0 Å². The maximum absolute atomic E-state index is 6.29. The van der Waals surface area contributed by atoms with Gasteiger partial charge in [0.25, 0.3) is 0 Å². The highest BCUT2D eigenvalue weighted by Gasteiger charge is 2.19. The number of nitrogens with zero attached hydrogens (tertiary/aromatic N) is 2. The molecule has 0 radical (unpaired) electrons. The van der Waals surface area contributed by atoms with Gasteiger partial charge < -0.3 is 15.1 Å². The Morgan fingerprint density at radius 3 is 2.89 bits per heavy atom. The zero-order chi connectivity index (χ0) is 13.0.